The van der Waals surface area contributed by atoms with E-state index < -0.39 is 0 Å². The summed E-state index contributed by atoms with van der Waals surface area (Å²) in [6.45, 7) is 1.82. The van der Waals surface area contributed by atoms with Gasteiger partial charge in [-0.25, -0.2) is 0 Å². The largest absolute Gasteiger partial charge is 0.345 e. The van der Waals surface area contributed by atoms with Crippen molar-refractivity contribution in [3.05, 3.63) is 68.1 Å². The van der Waals surface area contributed by atoms with Gasteiger partial charge in [-0.05, 0) is 30.7 Å². The number of carbonyl (C=O) groups excluding carboxylic acids is 1. The van der Waals surface area contributed by atoms with Gasteiger partial charge < -0.3 is 10.3 Å². The molecule has 0 saturated heterocycles. The molecular formula is C14H12Cl2N2O2. The molecule has 1 heterocycles. The second-order valence-electron chi connectivity index (χ2n) is 4.30. The van der Waals surface area contributed by atoms with E-state index in [-0.39, 0.29) is 17.5 Å². The van der Waals surface area contributed by atoms with Gasteiger partial charge in [-0.15, -0.1) is 0 Å². The standard InChI is InChI=1S/C14H12Cl2N2O2/c1-8(11-4-3-10(15)6-12(11)16)18-14(20)9-2-5-13(19)17-7-9/h2-8H,1H3,(H,17,19)(H,18,20)/t8-/m0/s1. The molecule has 0 aliphatic heterocycles. The molecule has 0 radical (unpaired) electrons. The molecular weight excluding hydrogens is 299 g/mol. The number of hydrogen-bond donors (Lipinski definition) is 2. The molecule has 2 rings (SSSR count). The second kappa shape index (κ2) is 6.11. The van der Waals surface area contributed by atoms with Crippen LogP contribution in [-0.4, -0.2) is 10.9 Å². The summed E-state index contributed by atoms with van der Waals surface area (Å²) < 4.78 is 0. The first kappa shape index (κ1) is 14.6. The Morgan fingerprint density at radius 2 is 2.00 bits per heavy atom. The summed E-state index contributed by atoms with van der Waals surface area (Å²) in [5.41, 5.74) is 0.894. The minimum atomic E-state index is -0.292. The van der Waals surface area contributed by atoms with Gasteiger partial charge in [0.2, 0.25) is 5.56 Å². The Morgan fingerprint density at radius 1 is 1.25 bits per heavy atom. The fraction of sp³-hybridized carbons (Fsp3) is 0.143. The average Bonchev–Trinajstić information content (AvgIpc) is 2.39. The van der Waals surface area contributed by atoms with E-state index in [2.05, 4.69) is 10.3 Å². The maximum absolute atomic E-state index is 12.0. The Bertz CT molecular complexity index is 677. The molecule has 0 bridgehead atoms. The Morgan fingerprint density at radius 3 is 2.60 bits per heavy atom. The predicted molar refractivity (Wildman–Crippen MR) is 79.4 cm³/mol. The van der Waals surface area contributed by atoms with Gasteiger partial charge in [0.15, 0.2) is 0 Å². The highest BCUT2D eigenvalue weighted by Crippen LogP contribution is 2.26. The molecule has 2 aromatic rings. The summed E-state index contributed by atoms with van der Waals surface area (Å²) in [6.07, 6.45) is 1.37. The Labute approximate surface area is 125 Å². The number of hydrogen-bond acceptors (Lipinski definition) is 2. The molecule has 20 heavy (non-hydrogen) atoms. The lowest BCUT2D eigenvalue weighted by Crippen LogP contribution is -2.27. The van der Waals surface area contributed by atoms with Crippen LogP contribution >= 0.6 is 23.2 Å². The van der Waals surface area contributed by atoms with Crippen LogP contribution in [0.2, 0.25) is 10.0 Å². The van der Waals surface area contributed by atoms with Gasteiger partial charge in [0.1, 0.15) is 0 Å². The summed E-state index contributed by atoms with van der Waals surface area (Å²) in [5, 5.41) is 3.84. The van der Waals surface area contributed by atoms with Gasteiger partial charge in [0.05, 0.1) is 11.6 Å². The van der Waals surface area contributed by atoms with Gasteiger partial charge >= 0.3 is 0 Å². The monoisotopic (exact) mass is 310 g/mol. The highest BCUT2D eigenvalue weighted by Gasteiger charge is 2.14. The van der Waals surface area contributed by atoms with Crippen LogP contribution in [0.3, 0.4) is 0 Å². The molecule has 1 aromatic heterocycles. The first-order valence-electron chi connectivity index (χ1n) is 5.92. The van der Waals surface area contributed by atoms with E-state index in [0.29, 0.717) is 15.6 Å². The Balaban J connectivity index is 2.14. The zero-order valence-corrected chi connectivity index (χ0v) is 12.1. The summed E-state index contributed by atoms with van der Waals surface area (Å²) >= 11 is 11.9. The number of nitrogens with one attached hydrogen (secondary N) is 2. The molecule has 4 nitrogen and oxygen atoms in total. The van der Waals surface area contributed by atoms with Crippen molar-refractivity contribution >= 4 is 29.1 Å². The number of aromatic amines is 1. The fourth-order valence-corrected chi connectivity index (χ4v) is 2.33. The summed E-state index contributed by atoms with van der Waals surface area (Å²) in [4.78, 5) is 25.4. The van der Waals surface area contributed by atoms with Crippen LogP contribution in [0.4, 0.5) is 0 Å². The molecule has 0 aliphatic carbocycles. The van der Waals surface area contributed by atoms with Crippen molar-refractivity contribution in [2.45, 2.75) is 13.0 Å². The molecule has 2 N–H and O–H groups in total. The van der Waals surface area contributed by atoms with Gasteiger partial charge in [-0.1, -0.05) is 29.3 Å². The van der Waals surface area contributed by atoms with Crippen molar-refractivity contribution < 1.29 is 4.79 Å². The van der Waals surface area contributed by atoms with E-state index in [1.54, 1.807) is 18.2 Å². The molecule has 0 aliphatic rings. The first-order chi connectivity index (χ1) is 9.47. The third-order valence-corrected chi connectivity index (χ3v) is 3.39. The van der Waals surface area contributed by atoms with E-state index in [1.165, 1.54) is 18.3 Å². The molecule has 6 heteroatoms. The van der Waals surface area contributed by atoms with Gasteiger partial charge in [0, 0.05) is 22.3 Å². The summed E-state index contributed by atoms with van der Waals surface area (Å²) in [7, 11) is 0. The van der Waals surface area contributed by atoms with Crippen molar-refractivity contribution in [3.8, 4) is 0 Å². The van der Waals surface area contributed by atoms with Crippen molar-refractivity contribution in [2.75, 3.05) is 0 Å². The van der Waals surface area contributed by atoms with Crippen LogP contribution < -0.4 is 10.9 Å². The number of pyridine rings is 1. The van der Waals surface area contributed by atoms with Crippen LogP contribution in [0.1, 0.15) is 28.9 Å². The van der Waals surface area contributed by atoms with Crippen LogP contribution in [-0.2, 0) is 0 Å². The first-order valence-corrected chi connectivity index (χ1v) is 6.67. The number of carbonyl (C=O) groups is 1. The smallest absolute Gasteiger partial charge is 0.253 e. The lowest BCUT2D eigenvalue weighted by Gasteiger charge is -2.16. The van der Waals surface area contributed by atoms with Crippen molar-refractivity contribution in [2.24, 2.45) is 0 Å². The number of H-pyrrole nitrogens is 1. The minimum absolute atomic E-state index is 0.254. The van der Waals surface area contributed by atoms with Crippen LogP contribution in [0.15, 0.2) is 41.3 Å². The zero-order chi connectivity index (χ0) is 14.7. The molecule has 0 spiro atoms. The van der Waals surface area contributed by atoms with Crippen LogP contribution in [0.5, 0.6) is 0 Å². The number of rotatable bonds is 3. The Hall–Kier alpha value is -1.78. The lowest BCUT2D eigenvalue weighted by atomic mass is 10.1. The van der Waals surface area contributed by atoms with E-state index in [9.17, 15) is 9.59 Å². The third kappa shape index (κ3) is 3.40. The topological polar surface area (TPSA) is 62.0 Å². The van der Waals surface area contributed by atoms with Gasteiger partial charge in [0.25, 0.3) is 5.91 Å². The maximum Gasteiger partial charge on any atom is 0.253 e. The van der Waals surface area contributed by atoms with E-state index in [0.717, 1.165) is 5.56 Å². The van der Waals surface area contributed by atoms with E-state index >= 15 is 0 Å². The summed E-state index contributed by atoms with van der Waals surface area (Å²) in [6, 6.07) is 7.59. The average molecular weight is 311 g/mol. The highest BCUT2D eigenvalue weighted by atomic mass is 35.5. The number of halogens is 2. The second-order valence-corrected chi connectivity index (χ2v) is 5.15. The predicted octanol–water partition coefficient (Wildman–Crippen LogP) is 3.17. The molecule has 0 unspecified atom stereocenters. The lowest BCUT2D eigenvalue weighted by molar-refractivity contribution is 0.0939. The molecule has 0 saturated carbocycles. The fourth-order valence-electron chi connectivity index (χ4n) is 1.76. The SMILES string of the molecule is C[C@H](NC(=O)c1ccc(=O)[nH]c1)c1ccc(Cl)cc1Cl. The third-order valence-electron chi connectivity index (χ3n) is 2.82. The normalized spacial score (nSPS) is 11.9. The van der Waals surface area contributed by atoms with Crippen LogP contribution in [0, 0.1) is 0 Å². The van der Waals surface area contributed by atoms with Crippen molar-refractivity contribution in [1.82, 2.24) is 10.3 Å². The number of benzene rings is 1. The van der Waals surface area contributed by atoms with E-state index in [1.807, 2.05) is 6.92 Å². The zero-order valence-electron chi connectivity index (χ0n) is 10.6. The van der Waals surface area contributed by atoms with E-state index in [4.69, 9.17) is 23.2 Å². The van der Waals surface area contributed by atoms with Crippen molar-refractivity contribution in [1.29, 1.82) is 0 Å². The maximum atomic E-state index is 12.0. The molecule has 1 amide bonds. The minimum Gasteiger partial charge on any atom is -0.345 e. The van der Waals surface area contributed by atoms with Crippen molar-refractivity contribution in [3.63, 3.8) is 0 Å². The van der Waals surface area contributed by atoms with Gasteiger partial charge in [-0.3, -0.25) is 9.59 Å². The number of aromatic nitrogens is 1. The molecule has 0 fully saturated rings. The highest BCUT2D eigenvalue weighted by molar-refractivity contribution is 6.35. The van der Waals surface area contributed by atoms with Crippen LogP contribution in [0.25, 0.3) is 0 Å². The molecule has 1 aromatic carbocycles. The summed E-state index contributed by atoms with van der Waals surface area (Å²) in [5.74, 6) is -0.292. The Kier molecular flexibility index (Phi) is 4.47. The number of amides is 1. The van der Waals surface area contributed by atoms with Gasteiger partial charge in [-0.2, -0.15) is 0 Å². The molecule has 1 atom stereocenters. The molecule has 104 valence electrons. The quantitative estimate of drug-likeness (QED) is 0.914.